The van der Waals surface area contributed by atoms with Crippen LogP contribution in [-0.4, -0.2) is 39.9 Å². The summed E-state index contributed by atoms with van der Waals surface area (Å²) in [7, 11) is 0. The first-order valence-corrected chi connectivity index (χ1v) is 8.52. The van der Waals surface area contributed by atoms with E-state index in [1.54, 1.807) is 0 Å². The molecule has 2 amide bonds. The number of amides is 2. The van der Waals surface area contributed by atoms with Gasteiger partial charge >= 0.3 is 5.97 Å². The lowest BCUT2D eigenvalue weighted by molar-refractivity contribution is -0.141. The van der Waals surface area contributed by atoms with Crippen molar-refractivity contribution < 1.29 is 19.5 Å². The molecule has 0 unspecified atom stereocenters. The summed E-state index contributed by atoms with van der Waals surface area (Å²) in [6.07, 6.45) is 0.00601. The number of carbonyl (C=O) groups excluding carboxylic acids is 2. The summed E-state index contributed by atoms with van der Waals surface area (Å²) in [6.45, 7) is 0. The topological polar surface area (TPSA) is 95.5 Å². The highest BCUT2D eigenvalue weighted by atomic mass is 32.2. The van der Waals surface area contributed by atoms with Crippen molar-refractivity contribution in [1.29, 1.82) is 0 Å². The SMILES string of the molecule is O=C(C[C@@H]1SC[C@@H](C(=O)O)NC1=O)Nc1cccc2ccccc12. The van der Waals surface area contributed by atoms with Gasteiger partial charge in [-0.2, -0.15) is 0 Å². The normalized spacial score (nSPS) is 20.4. The van der Waals surface area contributed by atoms with E-state index in [4.69, 9.17) is 5.11 Å². The Morgan fingerprint density at radius 3 is 2.71 bits per heavy atom. The number of hydrogen-bond acceptors (Lipinski definition) is 4. The van der Waals surface area contributed by atoms with Crippen LogP contribution in [0.25, 0.3) is 10.8 Å². The Balaban J connectivity index is 1.66. The number of rotatable bonds is 4. The fraction of sp³-hybridized carbons (Fsp3) is 0.235. The van der Waals surface area contributed by atoms with E-state index in [-0.39, 0.29) is 18.1 Å². The van der Waals surface area contributed by atoms with Crippen LogP contribution in [0.15, 0.2) is 42.5 Å². The molecule has 6 nitrogen and oxygen atoms in total. The molecule has 1 heterocycles. The Morgan fingerprint density at radius 2 is 1.96 bits per heavy atom. The minimum absolute atomic E-state index is 0.00601. The molecular formula is C17H16N2O4S. The number of aliphatic carboxylic acids is 1. The van der Waals surface area contributed by atoms with Crippen molar-refractivity contribution in [1.82, 2.24) is 5.32 Å². The van der Waals surface area contributed by atoms with Crippen LogP contribution in [0, 0.1) is 0 Å². The smallest absolute Gasteiger partial charge is 0.327 e. The molecule has 124 valence electrons. The second-order valence-electron chi connectivity index (χ2n) is 5.50. The van der Waals surface area contributed by atoms with Crippen molar-refractivity contribution in [2.24, 2.45) is 0 Å². The van der Waals surface area contributed by atoms with Gasteiger partial charge in [-0.05, 0) is 11.5 Å². The van der Waals surface area contributed by atoms with Gasteiger partial charge in [0.2, 0.25) is 11.8 Å². The van der Waals surface area contributed by atoms with Crippen molar-refractivity contribution in [3.8, 4) is 0 Å². The Morgan fingerprint density at radius 1 is 1.21 bits per heavy atom. The predicted octanol–water partition coefficient (Wildman–Crippen LogP) is 1.85. The molecule has 0 aliphatic carbocycles. The van der Waals surface area contributed by atoms with Gasteiger partial charge in [0.05, 0.1) is 5.25 Å². The largest absolute Gasteiger partial charge is 0.480 e. The summed E-state index contributed by atoms with van der Waals surface area (Å²) in [5.41, 5.74) is 0.697. The lowest BCUT2D eigenvalue weighted by Gasteiger charge is -2.25. The van der Waals surface area contributed by atoms with Gasteiger partial charge in [-0.1, -0.05) is 36.4 Å². The second kappa shape index (κ2) is 6.92. The zero-order chi connectivity index (χ0) is 17.1. The van der Waals surface area contributed by atoms with Crippen LogP contribution in [0.5, 0.6) is 0 Å². The first-order chi connectivity index (χ1) is 11.5. The molecule has 2 atom stereocenters. The summed E-state index contributed by atoms with van der Waals surface area (Å²) in [5, 5.41) is 15.6. The molecule has 2 aromatic carbocycles. The number of thioether (sulfide) groups is 1. The molecular weight excluding hydrogens is 328 g/mol. The van der Waals surface area contributed by atoms with Gasteiger partial charge in [-0.25, -0.2) is 4.79 Å². The molecule has 3 N–H and O–H groups in total. The Hall–Kier alpha value is -2.54. The summed E-state index contributed by atoms with van der Waals surface area (Å²) in [6, 6.07) is 12.4. The van der Waals surface area contributed by atoms with Crippen LogP contribution in [0.3, 0.4) is 0 Å². The first kappa shape index (κ1) is 16.3. The maximum atomic E-state index is 12.3. The molecule has 3 rings (SSSR count). The van der Waals surface area contributed by atoms with E-state index in [2.05, 4.69) is 10.6 Å². The van der Waals surface area contributed by atoms with E-state index >= 15 is 0 Å². The van der Waals surface area contributed by atoms with E-state index < -0.39 is 23.2 Å². The van der Waals surface area contributed by atoms with E-state index in [1.165, 1.54) is 11.8 Å². The predicted molar refractivity (Wildman–Crippen MR) is 93.0 cm³/mol. The third-order valence-corrected chi connectivity index (χ3v) is 5.11. The minimum Gasteiger partial charge on any atom is -0.480 e. The van der Waals surface area contributed by atoms with Crippen LogP contribution >= 0.6 is 11.8 Å². The van der Waals surface area contributed by atoms with Crippen molar-refractivity contribution >= 4 is 46.0 Å². The van der Waals surface area contributed by atoms with Crippen LogP contribution in [0.2, 0.25) is 0 Å². The molecule has 0 saturated carbocycles. The van der Waals surface area contributed by atoms with E-state index in [0.717, 1.165) is 10.8 Å². The average molecular weight is 344 g/mol. The highest BCUT2D eigenvalue weighted by Crippen LogP contribution is 2.25. The van der Waals surface area contributed by atoms with E-state index in [9.17, 15) is 14.4 Å². The van der Waals surface area contributed by atoms with Gasteiger partial charge in [0.25, 0.3) is 0 Å². The minimum atomic E-state index is -1.06. The van der Waals surface area contributed by atoms with Gasteiger partial charge in [0.15, 0.2) is 0 Å². The summed E-state index contributed by atoms with van der Waals surface area (Å²) >= 11 is 1.20. The Labute approximate surface area is 142 Å². The zero-order valence-corrected chi connectivity index (χ0v) is 13.5. The molecule has 24 heavy (non-hydrogen) atoms. The Kier molecular flexibility index (Phi) is 4.71. The monoisotopic (exact) mass is 344 g/mol. The summed E-state index contributed by atoms with van der Waals surface area (Å²) in [5.74, 6) is -1.48. The van der Waals surface area contributed by atoms with Crippen molar-refractivity contribution in [3.63, 3.8) is 0 Å². The van der Waals surface area contributed by atoms with Crippen LogP contribution in [0.4, 0.5) is 5.69 Å². The molecule has 0 spiro atoms. The lowest BCUT2D eigenvalue weighted by atomic mass is 10.1. The number of carboxylic acid groups (broad SMARTS) is 1. The van der Waals surface area contributed by atoms with Gasteiger partial charge < -0.3 is 15.7 Å². The molecule has 1 fully saturated rings. The number of hydrogen-bond donors (Lipinski definition) is 3. The van der Waals surface area contributed by atoms with Crippen LogP contribution in [-0.2, 0) is 14.4 Å². The molecule has 0 aromatic heterocycles. The van der Waals surface area contributed by atoms with Crippen molar-refractivity contribution in [3.05, 3.63) is 42.5 Å². The average Bonchev–Trinajstić information content (AvgIpc) is 2.57. The van der Waals surface area contributed by atoms with Gasteiger partial charge in [-0.15, -0.1) is 11.8 Å². The van der Waals surface area contributed by atoms with Crippen LogP contribution in [0.1, 0.15) is 6.42 Å². The van der Waals surface area contributed by atoms with Crippen molar-refractivity contribution in [2.75, 3.05) is 11.1 Å². The Bertz CT molecular complexity index is 803. The molecule has 1 aliphatic rings. The lowest BCUT2D eigenvalue weighted by Crippen LogP contribution is -2.51. The fourth-order valence-electron chi connectivity index (χ4n) is 2.58. The number of carboxylic acids is 1. The fourth-order valence-corrected chi connectivity index (χ4v) is 3.72. The maximum Gasteiger partial charge on any atom is 0.327 e. The number of nitrogens with one attached hydrogen (secondary N) is 2. The van der Waals surface area contributed by atoms with Gasteiger partial charge in [0.1, 0.15) is 6.04 Å². The molecule has 0 radical (unpaired) electrons. The van der Waals surface area contributed by atoms with Gasteiger partial charge in [0, 0.05) is 23.2 Å². The molecule has 7 heteroatoms. The third kappa shape index (κ3) is 3.51. The number of benzene rings is 2. The molecule has 0 bridgehead atoms. The molecule has 1 saturated heterocycles. The number of fused-ring (bicyclic) bond motifs is 1. The van der Waals surface area contributed by atoms with E-state index in [1.807, 2.05) is 42.5 Å². The first-order valence-electron chi connectivity index (χ1n) is 7.47. The highest BCUT2D eigenvalue weighted by molar-refractivity contribution is 8.00. The standard InChI is InChI=1S/C17H16N2O4S/c20-15(8-14-16(21)19-13(9-24-14)17(22)23)18-12-7-3-5-10-4-1-2-6-11(10)12/h1-7,13-14H,8-9H2,(H,18,20)(H,19,21)(H,22,23)/t13-,14-/m0/s1. The van der Waals surface area contributed by atoms with Crippen LogP contribution < -0.4 is 10.6 Å². The number of anilines is 1. The maximum absolute atomic E-state index is 12.3. The highest BCUT2D eigenvalue weighted by Gasteiger charge is 2.33. The van der Waals surface area contributed by atoms with Gasteiger partial charge in [-0.3, -0.25) is 9.59 Å². The number of carbonyl (C=O) groups is 3. The van der Waals surface area contributed by atoms with E-state index in [0.29, 0.717) is 5.69 Å². The third-order valence-electron chi connectivity index (χ3n) is 3.81. The summed E-state index contributed by atoms with van der Waals surface area (Å²) in [4.78, 5) is 35.1. The quantitative estimate of drug-likeness (QED) is 0.787. The summed E-state index contributed by atoms with van der Waals surface area (Å²) < 4.78 is 0. The zero-order valence-electron chi connectivity index (χ0n) is 12.7. The van der Waals surface area contributed by atoms with Crippen molar-refractivity contribution in [2.45, 2.75) is 17.7 Å². The molecule has 2 aromatic rings. The second-order valence-corrected chi connectivity index (χ2v) is 6.74. The molecule has 1 aliphatic heterocycles.